The summed E-state index contributed by atoms with van der Waals surface area (Å²) < 4.78 is 0. The van der Waals surface area contributed by atoms with E-state index < -0.39 is 347 Å². The molecule has 0 bridgehead atoms. The van der Waals surface area contributed by atoms with Crippen LogP contribution in [0.1, 0.15) is 136 Å². The second-order valence-corrected chi connectivity index (χ2v) is 29.1. The molecule has 0 fully saturated rings. The highest BCUT2D eigenvalue weighted by atomic mass is 16.4. The Hall–Kier alpha value is -14.6. The fourth-order valence-corrected chi connectivity index (χ4v) is 11.3. The van der Waals surface area contributed by atoms with E-state index in [1.807, 2.05) is 26.6 Å². The monoisotopic (exact) mass is 1810 g/mol. The summed E-state index contributed by atoms with van der Waals surface area (Å²) in [5.41, 5.74) is 21.7. The summed E-state index contributed by atoms with van der Waals surface area (Å²) >= 11 is 0. The maximum Gasteiger partial charge on any atom is 0.305 e. The molecule has 704 valence electrons. The lowest BCUT2D eigenvalue weighted by Crippen LogP contribution is -2.61. The van der Waals surface area contributed by atoms with E-state index >= 15 is 0 Å². The Bertz CT molecular complexity index is 4190. The Morgan fingerprint density at radius 3 is 1.05 bits per heavy atom. The zero-order valence-electron chi connectivity index (χ0n) is 69.3. The van der Waals surface area contributed by atoms with E-state index in [0.717, 1.165) is 6.92 Å². The van der Waals surface area contributed by atoms with Gasteiger partial charge < -0.3 is 149 Å². The smallest absolute Gasteiger partial charge is 0.305 e. The Morgan fingerprint density at radius 1 is 0.307 bits per heavy atom. The third-order valence-corrected chi connectivity index (χ3v) is 17.6. The first-order chi connectivity index (χ1) is 59.3. The Labute approximate surface area is 721 Å². The van der Waals surface area contributed by atoms with Gasteiger partial charge in [-0.25, -0.2) is 0 Å². The third kappa shape index (κ3) is 44.8. The minimum absolute atomic E-state index is 0.000537. The molecule has 0 aliphatic rings. The van der Waals surface area contributed by atoms with Crippen molar-refractivity contribution in [1.82, 2.24) is 85.1 Å². The number of amides is 18. The van der Waals surface area contributed by atoms with Gasteiger partial charge in [0.05, 0.1) is 64.6 Å². The van der Waals surface area contributed by atoms with Gasteiger partial charge in [-0.1, -0.05) is 58.0 Å². The molecule has 1 rings (SSSR count). The summed E-state index contributed by atoms with van der Waals surface area (Å²) in [4.78, 5) is 337. The maximum atomic E-state index is 14.5. The van der Waals surface area contributed by atoms with Crippen LogP contribution in [0.15, 0.2) is 30.3 Å². The average molecular weight is 1810 g/mol. The topological polar surface area (TPSA) is 902 Å². The first kappa shape index (κ1) is 110. The summed E-state index contributed by atoms with van der Waals surface area (Å²) in [6, 6.07) is -20.0. The number of carbonyl (C=O) groups excluding carboxylic acids is 18. The fourth-order valence-electron chi connectivity index (χ4n) is 11.3. The zero-order chi connectivity index (χ0) is 96.8. The normalized spacial score (nSPS) is 14.1. The van der Waals surface area contributed by atoms with Gasteiger partial charge in [0.25, 0.3) is 0 Å². The van der Waals surface area contributed by atoms with Gasteiger partial charge in [0.1, 0.15) is 84.6 Å². The molecule has 54 nitrogen and oxygen atoms in total. The summed E-state index contributed by atoms with van der Waals surface area (Å²) in [6.45, 7) is 4.18. The first-order valence-electron chi connectivity index (χ1n) is 38.8. The second kappa shape index (κ2) is 56.2. The van der Waals surface area contributed by atoms with Crippen molar-refractivity contribution in [3.63, 3.8) is 0 Å². The van der Waals surface area contributed by atoms with Crippen LogP contribution < -0.4 is 108 Å². The maximum absolute atomic E-state index is 14.5. The van der Waals surface area contributed by atoms with Crippen molar-refractivity contribution >= 4 is 154 Å². The predicted molar refractivity (Wildman–Crippen MR) is 425 cm³/mol. The number of benzene rings is 1. The SMILES string of the molecule is CC(C)C[C@H](NC(=O)[C@H](CC(N)=O)NC(=O)[C@@H](NC(=O)[C@H](CCC(=O)O)NC(=O)CN)C(C)C)C(=O)N[C@@H](CC(=O)O)C(=O)N[C@@H](C)C(=O)N[C@@H](CCC(=O)O)C(=O)N[C@@H](Cc1ccccc1)C(=O)N[C@@H](CC(=O)O)C(=O)N[C@@H](CC(=O)O)C(=O)N[C@@H](CCCCN)C(=O)NCC(=O)NCC(=O)N[C@@H](CC(=O)O)C(=O)N[C@@H](CC(=O)O)C(=O)N[C@@H](CC(=O)O)C(N)=O. The molecule has 127 heavy (non-hydrogen) atoms. The van der Waals surface area contributed by atoms with Crippen LogP contribution in [0.4, 0.5) is 0 Å². The number of primary amides is 2. The van der Waals surface area contributed by atoms with Gasteiger partial charge in [0, 0.05) is 19.3 Å². The molecule has 14 atom stereocenters. The number of carboxylic acid groups (broad SMARTS) is 8. The van der Waals surface area contributed by atoms with Crippen molar-refractivity contribution in [2.75, 3.05) is 26.2 Å². The molecule has 0 saturated heterocycles. The van der Waals surface area contributed by atoms with Gasteiger partial charge in [0.15, 0.2) is 0 Å². The minimum Gasteiger partial charge on any atom is -0.481 e. The number of unbranched alkanes of at least 4 members (excludes halogenated alkanes) is 1. The Kier molecular flexibility index (Phi) is 48.8. The van der Waals surface area contributed by atoms with Crippen LogP contribution in [0.5, 0.6) is 0 Å². The molecule has 32 N–H and O–H groups in total. The molecule has 0 heterocycles. The van der Waals surface area contributed by atoms with Crippen molar-refractivity contribution in [3.8, 4) is 0 Å². The fraction of sp³-hybridized carbons (Fsp3) is 0.562. The highest BCUT2D eigenvalue weighted by Gasteiger charge is 2.40. The van der Waals surface area contributed by atoms with E-state index in [-0.39, 0.29) is 37.8 Å². The van der Waals surface area contributed by atoms with Crippen molar-refractivity contribution in [2.24, 2.45) is 34.8 Å². The Balaban J connectivity index is 3.58. The number of hydrogen-bond acceptors (Lipinski definition) is 28. The van der Waals surface area contributed by atoms with Crippen molar-refractivity contribution in [3.05, 3.63) is 35.9 Å². The average Bonchev–Trinajstić information content (AvgIpc) is 0.862. The van der Waals surface area contributed by atoms with E-state index in [1.165, 1.54) is 44.2 Å². The van der Waals surface area contributed by atoms with Gasteiger partial charge in [0.2, 0.25) is 106 Å². The van der Waals surface area contributed by atoms with E-state index in [2.05, 4.69) is 58.5 Å². The largest absolute Gasteiger partial charge is 0.481 e. The lowest BCUT2D eigenvalue weighted by Gasteiger charge is -2.28. The van der Waals surface area contributed by atoms with Crippen molar-refractivity contribution < 1.29 is 166 Å². The molecule has 0 unspecified atom stereocenters. The summed E-state index contributed by atoms with van der Waals surface area (Å²) in [5, 5.41) is 110. The molecular weight excluding hydrogens is 1700 g/mol. The molecule has 0 aromatic heterocycles. The van der Waals surface area contributed by atoms with Gasteiger partial charge in [-0.3, -0.25) is 125 Å². The van der Waals surface area contributed by atoms with Crippen LogP contribution in [0, 0.1) is 11.8 Å². The third-order valence-electron chi connectivity index (χ3n) is 17.6. The van der Waals surface area contributed by atoms with E-state index in [0.29, 0.717) is 0 Å². The van der Waals surface area contributed by atoms with Gasteiger partial charge in [-0.05, 0) is 69.4 Å². The van der Waals surface area contributed by atoms with Crippen LogP contribution in [-0.4, -0.2) is 306 Å². The first-order valence-corrected chi connectivity index (χ1v) is 38.8. The molecule has 0 radical (unpaired) electrons. The van der Waals surface area contributed by atoms with E-state index in [4.69, 9.17) is 28.0 Å². The highest BCUT2D eigenvalue weighted by Crippen LogP contribution is 2.14. The number of nitrogens with one attached hydrogen (secondary N) is 16. The number of carbonyl (C=O) groups is 26. The number of carboxylic acids is 8. The van der Waals surface area contributed by atoms with Crippen LogP contribution >= 0.6 is 0 Å². The number of aliphatic carboxylic acids is 8. The minimum atomic E-state index is -2.31. The van der Waals surface area contributed by atoms with Gasteiger partial charge >= 0.3 is 47.8 Å². The highest BCUT2D eigenvalue weighted by molar-refractivity contribution is 6.03. The second-order valence-electron chi connectivity index (χ2n) is 29.1. The van der Waals surface area contributed by atoms with Crippen LogP contribution in [0.2, 0.25) is 0 Å². The predicted octanol–water partition coefficient (Wildman–Crippen LogP) is -12.0. The van der Waals surface area contributed by atoms with Gasteiger partial charge in [-0.15, -0.1) is 0 Å². The molecule has 18 amide bonds. The molecule has 0 spiro atoms. The summed E-state index contributed by atoms with van der Waals surface area (Å²) in [6.07, 6.45) is -12.3. The molecular formula is C73H108N20O34. The summed E-state index contributed by atoms with van der Waals surface area (Å²) in [5.74, 6) is -38.4. The quantitative estimate of drug-likeness (QED) is 0.0269. The Morgan fingerprint density at radius 2 is 0.638 bits per heavy atom. The zero-order valence-corrected chi connectivity index (χ0v) is 69.3. The molecule has 0 aliphatic heterocycles. The molecule has 54 heteroatoms. The van der Waals surface area contributed by atoms with Crippen LogP contribution in [-0.2, 0) is 131 Å². The standard InChI is InChI=1S/C73H108N20O34/c1-31(2)19-39(86-68(122)41(21-47(76)94)92-73(127)59(32(3)4)93-64(118)36(14-16-51(98)99)81-48(95)28-75)66(120)88-43(24-55(106)107)65(119)80-33(5)61(115)83-37(15-17-52(100)101)63(117)87-40(20-34-11-7-6-8-12-34)67(121)89-46(27-58(112)113)72(126)91-44(25-56(108)109)70(124)84-35(13-9-10-18-74)62(116)79-29-49(96)78-30-50(97)82-42(23-54(104)105)69(123)90-45(26-57(110)111)71(125)85-38(60(77)114)22-53(102)103/h6-8,11-12,31-33,35-46,59H,9-10,13-30,74-75H2,1-5H3,(H2,76,94)(H2,77,114)(H,78,96)(H,79,116)(H,80,119)(H,81,95)(H,82,97)(H,83,115)(H,84,124)(H,85,125)(H,86,122)(H,87,117)(H,88,120)(H,89,121)(H,90,123)(H,91,126)(H,92,127)(H,93,118)(H,98,99)(H,100,101)(H,102,103)(H,104,105)(H,106,107)(H,108,109)(H,110,111)(H,112,113)/t33-,35-,36-,37-,38-,39-,40-,41-,42-,43-,44-,45-,46-,59-/m0/s1. The number of hydrogen-bond donors (Lipinski definition) is 28. The number of rotatable bonds is 62. The van der Waals surface area contributed by atoms with Crippen molar-refractivity contribution in [2.45, 2.75) is 222 Å². The molecule has 0 aliphatic carbocycles. The van der Waals surface area contributed by atoms with E-state index in [9.17, 15) is 160 Å². The lowest BCUT2D eigenvalue weighted by atomic mass is 10.00. The van der Waals surface area contributed by atoms with Crippen LogP contribution in [0.3, 0.4) is 0 Å². The molecule has 0 saturated carbocycles. The van der Waals surface area contributed by atoms with E-state index in [1.54, 1.807) is 13.8 Å². The molecule has 1 aromatic rings. The van der Waals surface area contributed by atoms with Crippen LogP contribution in [0.25, 0.3) is 0 Å². The lowest BCUT2D eigenvalue weighted by molar-refractivity contribution is -0.144. The van der Waals surface area contributed by atoms with Crippen molar-refractivity contribution in [1.29, 1.82) is 0 Å². The van der Waals surface area contributed by atoms with Gasteiger partial charge in [-0.2, -0.15) is 0 Å². The summed E-state index contributed by atoms with van der Waals surface area (Å²) in [7, 11) is 0. The number of nitrogens with two attached hydrogens (primary N) is 4. The molecule has 1 aromatic carbocycles.